The van der Waals surface area contributed by atoms with Crippen LogP contribution in [0.1, 0.15) is 30.0 Å². The molecular weight excluding hydrogens is 314 g/mol. The highest BCUT2D eigenvalue weighted by atomic mass is 16.5. The monoisotopic (exact) mass is 341 g/mol. The summed E-state index contributed by atoms with van der Waals surface area (Å²) in [5, 5.41) is 2.94. The Balaban J connectivity index is 1.74. The molecule has 0 saturated carbocycles. The lowest BCUT2D eigenvalue weighted by atomic mass is 10.1. The predicted molar refractivity (Wildman–Crippen MR) is 100 cm³/mol. The van der Waals surface area contributed by atoms with Gasteiger partial charge in [-0.1, -0.05) is 24.3 Å². The molecule has 2 aromatic rings. The molecule has 2 rings (SSSR count). The molecule has 4 heteroatoms. The quantitative estimate of drug-likeness (QED) is 0.742. The molecule has 0 unspecified atom stereocenters. The number of amides is 1. The van der Waals surface area contributed by atoms with Crippen LogP contribution in [0.5, 0.6) is 11.5 Å². The number of nitrogens with one attached hydrogen (secondary N) is 1. The molecule has 134 valence electrons. The minimum atomic E-state index is -0.513. The molecule has 25 heavy (non-hydrogen) atoms. The zero-order chi connectivity index (χ0) is 18.2. The van der Waals surface area contributed by atoms with E-state index in [2.05, 4.69) is 5.32 Å². The van der Waals surface area contributed by atoms with Crippen molar-refractivity contribution in [3.8, 4) is 11.5 Å². The smallest absolute Gasteiger partial charge is 0.260 e. The first-order valence-electron chi connectivity index (χ1n) is 8.64. The number of rotatable bonds is 8. The molecule has 0 aromatic heterocycles. The second-order valence-electron chi connectivity index (χ2n) is 6.20. The van der Waals surface area contributed by atoms with Crippen molar-refractivity contribution in [2.24, 2.45) is 0 Å². The van der Waals surface area contributed by atoms with Gasteiger partial charge in [-0.2, -0.15) is 0 Å². The maximum Gasteiger partial charge on any atom is 0.260 e. The van der Waals surface area contributed by atoms with Gasteiger partial charge in [0.15, 0.2) is 6.10 Å². The van der Waals surface area contributed by atoms with Crippen LogP contribution < -0.4 is 14.8 Å². The number of aryl methyl sites for hydroxylation is 2. The van der Waals surface area contributed by atoms with Gasteiger partial charge < -0.3 is 14.8 Å². The molecule has 0 bridgehead atoms. The summed E-state index contributed by atoms with van der Waals surface area (Å²) in [6, 6.07) is 13.9. The van der Waals surface area contributed by atoms with Crippen molar-refractivity contribution in [2.45, 2.75) is 39.7 Å². The maximum absolute atomic E-state index is 12.2. The van der Waals surface area contributed by atoms with Crippen molar-refractivity contribution in [3.05, 3.63) is 59.2 Å². The van der Waals surface area contributed by atoms with Crippen LogP contribution in [-0.4, -0.2) is 25.7 Å². The summed E-state index contributed by atoms with van der Waals surface area (Å²) in [6.45, 7) is 6.45. The maximum atomic E-state index is 12.2. The van der Waals surface area contributed by atoms with Gasteiger partial charge in [0.2, 0.25) is 0 Å². The van der Waals surface area contributed by atoms with Gasteiger partial charge in [-0.3, -0.25) is 4.79 Å². The van der Waals surface area contributed by atoms with E-state index in [9.17, 15) is 4.79 Å². The molecule has 1 atom stereocenters. The zero-order valence-corrected chi connectivity index (χ0v) is 15.5. The van der Waals surface area contributed by atoms with Crippen LogP contribution in [0.25, 0.3) is 0 Å². The fraction of sp³-hybridized carbons (Fsp3) is 0.381. The number of hydrogen-bond acceptors (Lipinski definition) is 3. The second kappa shape index (κ2) is 9.11. The van der Waals surface area contributed by atoms with Crippen molar-refractivity contribution in [1.29, 1.82) is 0 Å². The van der Waals surface area contributed by atoms with Crippen LogP contribution in [0, 0.1) is 13.8 Å². The van der Waals surface area contributed by atoms with Crippen LogP contribution in [0.4, 0.5) is 0 Å². The molecule has 0 saturated heterocycles. The van der Waals surface area contributed by atoms with Gasteiger partial charge in [0.05, 0.1) is 7.11 Å². The Hall–Kier alpha value is -2.49. The van der Waals surface area contributed by atoms with E-state index in [1.165, 1.54) is 5.56 Å². The molecular formula is C21H27NO3. The molecule has 2 aromatic carbocycles. The largest absolute Gasteiger partial charge is 0.497 e. The highest BCUT2D eigenvalue weighted by Gasteiger charge is 2.15. The van der Waals surface area contributed by atoms with Gasteiger partial charge in [-0.05, 0) is 68.5 Å². The number of ether oxygens (including phenoxy) is 2. The normalized spacial score (nSPS) is 11.7. The third kappa shape index (κ3) is 5.52. The molecule has 0 aliphatic carbocycles. The molecule has 0 spiro atoms. The molecule has 1 amide bonds. The van der Waals surface area contributed by atoms with Crippen LogP contribution in [-0.2, 0) is 11.2 Å². The average Bonchev–Trinajstić information content (AvgIpc) is 2.62. The van der Waals surface area contributed by atoms with E-state index in [1.54, 1.807) is 14.0 Å². The van der Waals surface area contributed by atoms with Crippen LogP contribution >= 0.6 is 0 Å². The number of carbonyl (C=O) groups is 1. The Morgan fingerprint density at radius 3 is 2.52 bits per heavy atom. The fourth-order valence-electron chi connectivity index (χ4n) is 2.54. The Bertz CT molecular complexity index is 695. The SMILES string of the molecule is COc1ccc(CCCNC(=O)[C@@H](C)Oc2cccc(C)c2C)cc1. The van der Waals surface area contributed by atoms with Crippen LogP contribution in [0.3, 0.4) is 0 Å². The minimum absolute atomic E-state index is 0.0874. The third-order valence-electron chi connectivity index (χ3n) is 4.33. The highest BCUT2D eigenvalue weighted by molar-refractivity contribution is 5.80. The Morgan fingerprint density at radius 1 is 1.12 bits per heavy atom. The summed E-state index contributed by atoms with van der Waals surface area (Å²) in [6.07, 6.45) is 1.28. The fourth-order valence-corrected chi connectivity index (χ4v) is 2.54. The minimum Gasteiger partial charge on any atom is -0.497 e. The zero-order valence-electron chi connectivity index (χ0n) is 15.5. The Kier molecular flexibility index (Phi) is 6.87. The van der Waals surface area contributed by atoms with Gasteiger partial charge in [0.25, 0.3) is 5.91 Å². The summed E-state index contributed by atoms with van der Waals surface area (Å²) in [5.41, 5.74) is 3.46. The van der Waals surface area contributed by atoms with Crippen molar-refractivity contribution in [2.75, 3.05) is 13.7 Å². The van der Waals surface area contributed by atoms with E-state index in [4.69, 9.17) is 9.47 Å². The summed E-state index contributed by atoms with van der Waals surface area (Å²) >= 11 is 0. The summed E-state index contributed by atoms with van der Waals surface area (Å²) in [7, 11) is 1.66. The summed E-state index contributed by atoms with van der Waals surface area (Å²) in [5.74, 6) is 1.53. The predicted octanol–water partition coefficient (Wildman–Crippen LogP) is 3.83. The number of benzene rings is 2. The molecule has 0 heterocycles. The average molecular weight is 341 g/mol. The van der Waals surface area contributed by atoms with Crippen molar-refractivity contribution >= 4 is 5.91 Å². The molecule has 0 aliphatic rings. The lowest BCUT2D eigenvalue weighted by Gasteiger charge is -2.17. The van der Waals surface area contributed by atoms with Crippen LogP contribution in [0.15, 0.2) is 42.5 Å². The van der Waals surface area contributed by atoms with Crippen LogP contribution in [0.2, 0.25) is 0 Å². The Labute approximate surface area is 150 Å². The van der Waals surface area contributed by atoms with E-state index in [1.807, 2.05) is 56.3 Å². The van der Waals surface area contributed by atoms with Crippen molar-refractivity contribution < 1.29 is 14.3 Å². The summed E-state index contributed by atoms with van der Waals surface area (Å²) in [4.78, 5) is 12.2. The van der Waals surface area contributed by atoms with E-state index in [-0.39, 0.29) is 5.91 Å². The van der Waals surface area contributed by atoms with Gasteiger partial charge in [0.1, 0.15) is 11.5 Å². The molecule has 0 radical (unpaired) electrons. The number of hydrogen-bond donors (Lipinski definition) is 1. The number of carbonyl (C=O) groups excluding carboxylic acids is 1. The van der Waals surface area contributed by atoms with Crippen molar-refractivity contribution in [1.82, 2.24) is 5.32 Å². The standard InChI is InChI=1S/C21H27NO3/c1-15-7-5-9-20(16(15)2)25-17(3)21(23)22-14-6-8-18-10-12-19(24-4)13-11-18/h5,7,9-13,17H,6,8,14H2,1-4H3,(H,22,23)/t17-/m1/s1. The van der Waals surface area contributed by atoms with E-state index >= 15 is 0 Å². The van der Waals surface area contributed by atoms with E-state index < -0.39 is 6.10 Å². The molecule has 4 nitrogen and oxygen atoms in total. The topological polar surface area (TPSA) is 47.6 Å². The van der Waals surface area contributed by atoms with Gasteiger partial charge in [-0.25, -0.2) is 0 Å². The molecule has 1 N–H and O–H groups in total. The second-order valence-corrected chi connectivity index (χ2v) is 6.20. The molecule has 0 aliphatic heterocycles. The third-order valence-corrected chi connectivity index (χ3v) is 4.33. The number of methoxy groups -OCH3 is 1. The van der Waals surface area contributed by atoms with Gasteiger partial charge >= 0.3 is 0 Å². The first kappa shape index (κ1) is 18.8. The lowest BCUT2D eigenvalue weighted by Crippen LogP contribution is -2.37. The first-order valence-corrected chi connectivity index (χ1v) is 8.64. The van der Waals surface area contributed by atoms with Gasteiger partial charge in [0, 0.05) is 6.54 Å². The lowest BCUT2D eigenvalue weighted by molar-refractivity contribution is -0.127. The van der Waals surface area contributed by atoms with E-state index in [0.717, 1.165) is 35.5 Å². The van der Waals surface area contributed by atoms with Gasteiger partial charge in [-0.15, -0.1) is 0 Å². The highest BCUT2D eigenvalue weighted by Crippen LogP contribution is 2.21. The van der Waals surface area contributed by atoms with Crippen molar-refractivity contribution in [3.63, 3.8) is 0 Å². The summed E-state index contributed by atoms with van der Waals surface area (Å²) < 4.78 is 10.9. The Morgan fingerprint density at radius 2 is 1.84 bits per heavy atom. The van der Waals surface area contributed by atoms with E-state index in [0.29, 0.717) is 6.54 Å². The first-order chi connectivity index (χ1) is 12.0. The molecule has 0 fully saturated rings.